The smallest absolute Gasteiger partial charge is 0.240 e. The lowest BCUT2D eigenvalue weighted by Gasteiger charge is -2.34. The maximum absolute atomic E-state index is 12.2. The third-order valence-corrected chi connectivity index (χ3v) is 3.98. The first-order valence-corrected chi connectivity index (χ1v) is 8.21. The zero-order valence-electron chi connectivity index (χ0n) is 14.3. The van der Waals surface area contributed by atoms with Crippen LogP contribution < -0.4 is 5.32 Å². The van der Waals surface area contributed by atoms with Gasteiger partial charge in [0, 0.05) is 24.7 Å². The van der Waals surface area contributed by atoms with Crippen molar-refractivity contribution in [2.45, 2.75) is 33.0 Å². The molecule has 0 aliphatic carbocycles. The molecule has 1 aliphatic heterocycles. The summed E-state index contributed by atoms with van der Waals surface area (Å²) in [6.07, 6.45) is 0.278. The fourth-order valence-corrected chi connectivity index (χ4v) is 2.99. The van der Waals surface area contributed by atoms with E-state index in [2.05, 4.69) is 15.4 Å². The van der Waals surface area contributed by atoms with Gasteiger partial charge in [0.25, 0.3) is 0 Å². The minimum Gasteiger partial charge on any atom is -0.373 e. The average molecular weight is 329 g/mol. The van der Waals surface area contributed by atoms with Crippen molar-refractivity contribution >= 4 is 11.8 Å². The number of ether oxygens (including phenoxy) is 1. The highest BCUT2D eigenvalue weighted by Gasteiger charge is 2.24. The van der Waals surface area contributed by atoms with Crippen LogP contribution in [0.25, 0.3) is 11.3 Å². The third-order valence-electron chi connectivity index (χ3n) is 3.98. The van der Waals surface area contributed by atoms with E-state index in [0.29, 0.717) is 18.1 Å². The highest BCUT2D eigenvalue weighted by Crippen LogP contribution is 2.22. The summed E-state index contributed by atoms with van der Waals surface area (Å²) in [7, 11) is 0. The summed E-state index contributed by atoms with van der Waals surface area (Å²) in [5, 5.41) is 6.79. The van der Waals surface area contributed by atoms with Crippen LogP contribution in [0.4, 0.5) is 5.88 Å². The van der Waals surface area contributed by atoms with Gasteiger partial charge < -0.3 is 9.26 Å². The van der Waals surface area contributed by atoms with E-state index in [9.17, 15) is 4.79 Å². The van der Waals surface area contributed by atoms with Gasteiger partial charge in [0.1, 0.15) is 5.69 Å². The molecule has 0 unspecified atom stereocenters. The minimum atomic E-state index is -0.108. The Morgan fingerprint density at radius 1 is 1.25 bits per heavy atom. The van der Waals surface area contributed by atoms with Gasteiger partial charge in [-0.2, -0.15) is 0 Å². The van der Waals surface area contributed by atoms with Gasteiger partial charge in [-0.1, -0.05) is 35.0 Å². The SMILES string of the molecule is Cc1ccc(-c2cc(NC(=O)CN3C[C@H](C)O[C@@H](C)C3)on2)cc1. The first-order valence-electron chi connectivity index (χ1n) is 8.21. The summed E-state index contributed by atoms with van der Waals surface area (Å²) in [6.45, 7) is 7.89. The number of anilines is 1. The van der Waals surface area contributed by atoms with E-state index in [1.54, 1.807) is 6.07 Å². The van der Waals surface area contributed by atoms with Crippen LogP contribution in [0.1, 0.15) is 19.4 Å². The number of hydrogen-bond donors (Lipinski definition) is 1. The first-order chi connectivity index (χ1) is 11.5. The lowest BCUT2D eigenvalue weighted by Crippen LogP contribution is -2.48. The van der Waals surface area contributed by atoms with Crippen molar-refractivity contribution in [1.82, 2.24) is 10.1 Å². The van der Waals surface area contributed by atoms with E-state index < -0.39 is 0 Å². The summed E-state index contributed by atoms with van der Waals surface area (Å²) in [5.41, 5.74) is 2.85. The Kier molecular flexibility index (Phi) is 4.97. The van der Waals surface area contributed by atoms with E-state index in [-0.39, 0.29) is 18.1 Å². The van der Waals surface area contributed by atoms with E-state index in [0.717, 1.165) is 18.7 Å². The number of benzene rings is 1. The molecular formula is C18H23N3O3. The zero-order valence-corrected chi connectivity index (χ0v) is 14.3. The van der Waals surface area contributed by atoms with Crippen LogP contribution >= 0.6 is 0 Å². The molecule has 1 amide bonds. The molecule has 1 N–H and O–H groups in total. The van der Waals surface area contributed by atoms with Crippen LogP contribution in [0.5, 0.6) is 0 Å². The standard InChI is InChI=1S/C18H23N3O3/c1-12-4-6-15(7-5-12)16-8-18(24-20-16)19-17(22)11-21-9-13(2)23-14(3)10-21/h4-8,13-14H,9-11H2,1-3H3,(H,19,22)/t13-,14-/m0/s1. The Hall–Kier alpha value is -2.18. The topological polar surface area (TPSA) is 67.6 Å². The van der Waals surface area contributed by atoms with E-state index in [4.69, 9.17) is 9.26 Å². The van der Waals surface area contributed by atoms with Crippen LogP contribution in [0.15, 0.2) is 34.9 Å². The van der Waals surface area contributed by atoms with Crippen molar-refractivity contribution in [3.8, 4) is 11.3 Å². The number of morpholine rings is 1. The summed E-state index contributed by atoms with van der Waals surface area (Å²) in [6, 6.07) is 9.74. The molecule has 6 heteroatoms. The van der Waals surface area contributed by atoms with Crippen LogP contribution in [-0.2, 0) is 9.53 Å². The number of aryl methyl sites for hydroxylation is 1. The molecule has 2 atom stereocenters. The summed E-state index contributed by atoms with van der Waals surface area (Å²) in [5.74, 6) is 0.257. The Morgan fingerprint density at radius 3 is 2.58 bits per heavy atom. The molecule has 6 nitrogen and oxygen atoms in total. The maximum atomic E-state index is 12.2. The predicted octanol–water partition coefficient (Wildman–Crippen LogP) is 2.70. The van der Waals surface area contributed by atoms with Crippen molar-refractivity contribution in [2.24, 2.45) is 0 Å². The van der Waals surface area contributed by atoms with E-state index >= 15 is 0 Å². The summed E-state index contributed by atoms with van der Waals surface area (Å²) in [4.78, 5) is 14.3. The number of rotatable bonds is 4. The monoisotopic (exact) mass is 329 g/mol. The Bertz CT molecular complexity index is 686. The quantitative estimate of drug-likeness (QED) is 0.934. The number of hydrogen-bond acceptors (Lipinski definition) is 5. The molecule has 1 aromatic heterocycles. The third kappa shape index (κ3) is 4.21. The summed E-state index contributed by atoms with van der Waals surface area (Å²) < 4.78 is 10.9. The highest BCUT2D eigenvalue weighted by molar-refractivity contribution is 5.91. The van der Waals surface area contributed by atoms with Gasteiger partial charge in [0.15, 0.2) is 0 Å². The summed E-state index contributed by atoms with van der Waals surface area (Å²) >= 11 is 0. The van der Waals surface area contributed by atoms with Crippen molar-refractivity contribution in [3.05, 3.63) is 35.9 Å². The molecule has 1 fully saturated rings. The molecule has 0 spiro atoms. The van der Waals surface area contributed by atoms with Crippen LogP contribution in [-0.4, -0.2) is 47.8 Å². The largest absolute Gasteiger partial charge is 0.373 e. The molecule has 2 heterocycles. The predicted molar refractivity (Wildman–Crippen MR) is 91.8 cm³/mol. The number of amides is 1. The molecule has 24 heavy (non-hydrogen) atoms. The number of nitrogens with one attached hydrogen (secondary N) is 1. The Labute approximate surface area is 141 Å². The van der Waals surface area contributed by atoms with Gasteiger partial charge in [0.05, 0.1) is 18.8 Å². The fourth-order valence-electron chi connectivity index (χ4n) is 2.99. The number of aromatic nitrogens is 1. The van der Waals surface area contributed by atoms with E-state index in [1.807, 2.05) is 45.0 Å². The minimum absolute atomic E-state index is 0.108. The Morgan fingerprint density at radius 2 is 1.92 bits per heavy atom. The molecule has 2 aromatic rings. The molecule has 128 valence electrons. The molecular weight excluding hydrogens is 306 g/mol. The van der Waals surface area contributed by atoms with Gasteiger partial charge in [-0.15, -0.1) is 0 Å². The molecule has 1 aliphatic rings. The van der Waals surface area contributed by atoms with Gasteiger partial charge in [0.2, 0.25) is 11.8 Å². The fraction of sp³-hybridized carbons (Fsp3) is 0.444. The van der Waals surface area contributed by atoms with E-state index in [1.165, 1.54) is 5.56 Å². The molecule has 0 bridgehead atoms. The van der Waals surface area contributed by atoms with Crippen LogP contribution in [0, 0.1) is 6.92 Å². The van der Waals surface area contributed by atoms with Gasteiger partial charge >= 0.3 is 0 Å². The number of carbonyl (C=O) groups excluding carboxylic acids is 1. The van der Waals surface area contributed by atoms with Crippen LogP contribution in [0.3, 0.4) is 0 Å². The highest BCUT2D eigenvalue weighted by atomic mass is 16.5. The normalized spacial score (nSPS) is 21.6. The molecule has 0 radical (unpaired) electrons. The lowest BCUT2D eigenvalue weighted by atomic mass is 10.1. The van der Waals surface area contributed by atoms with Crippen molar-refractivity contribution in [2.75, 3.05) is 25.0 Å². The maximum Gasteiger partial charge on any atom is 0.240 e. The number of nitrogens with zero attached hydrogens (tertiary/aromatic N) is 2. The van der Waals surface area contributed by atoms with Crippen molar-refractivity contribution < 1.29 is 14.1 Å². The second-order valence-corrected chi connectivity index (χ2v) is 6.44. The molecule has 1 aromatic carbocycles. The molecule has 0 saturated carbocycles. The molecule has 1 saturated heterocycles. The second kappa shape index (κ2) is 7.15. The van der Waals surface area contributed by atoms with Crippen molar-refractivity contribution in [1.29, 1.82) is 0 Å². The van der Waals surface area contributed by atoms with Gasteiger partial charge in [-0.25, -0.2) is 0 Å². The van der Waals surface area contributed by atoms with Crippen molar-refractivity contribution in [3.63, 3.8) is 0 Å². The first kappa shape index (κ1) is 16.7. The lowest BCUT2D eigenvalue weighted by molar-refractivity contribution is -0.121. The van der Waals surface area contributed by atoms with Gasteiger partial charge in [-0.3, -0.25) is 15.0 Å². The Balaban J connectivity index is 1.58. The zero-order chi connectivity index (χ0) is 17.1. The van der Waals surface area contributed by atoms with Gasteiger partial charge in [-0.05, 0) is 20.8 Å². The molecule has 3 rings (SSSR count). The average Bonchev–Trinajstić information content (AvgIpc) is 2.95. The number of carbonyl (C=O) groups is 1. The second-order valence-electron chi connectivity index (χ2n) is 6.44. The van der Waals surface area contributed by atoms with Crippen LogP contribution in [0.2, 0.25) is 0 Å².